The van der Waals surface area contributed by atoms with E-state index in [0.29, 0.717) is 32.1 Å². The Kier molecular flexibility index (Phi) is 31.9. The lowest BCUT2D eigenvalue weighted by molar-refractivity contribution is -0.199. The quantitative estimate of drug-likeness (QED) is 0.0183. The molecule has 0 aromatic carbocycles. The van der Waals surface area contributed by atoms with Crippen molar-refractivity contribution in [1.29, 1.82) is 0 Å². The summed E-state index contributed by atoms with van der Waals surface area (Å²) < 4.78 is 32.0. The highest BCUT2D eigenvalue weighted by Crippen LogP contribution is 2.36. The summed E-state index contributed by atoms with van der Waals surface area (Å²) >= 11 is 0. The minimum atomic E-state index is -4.85. The van der Waals surface area contributed by atoms with E-state index in [-0.39, 0.29) is 25.2 Å². The highest BCUT2D eigenvalue weighted by atomic mass is 31.2. The third kappa shape index (κ3) is 31.1. The first-order chi connectivity index (χ1) is 27.9. The van der Waals surface area contributed by atoms with Crippen molar-refractivity contribution in [1.82, 2.24) is 0 Å². The van der Waals surface area contributed by atoms with Gasteiger partial charge in [0.1, 0.15) is 6.61 Å². The minimum Gasteiger partial charge on any atom is -0.462 e. The van der Waals surface area contributed by atoms with Gasteiger partial charge in [0, 0.05) is 25.2 Å². The second kappa shape index (κ2) is 34.9. The highest BCUT2D eigenvalue weighted by molar-refractivity contribution is 7.46. The van der Waals surface area contributed by atoms with E-state index in [2.05, 4.69) is 79.1 Å². The minimum absolute atomic E-state index is 0.00518. The molecular weight excluding hydrogens is 763 g/mol. The lowest BCUT2D eigenvalue weighted by Crippen LogP contribution is -2.43. The summed E-state index contributed by atoms with van der Waals surface area (Å²) in [6.07, 6.45) is 37.8. The summed E-state index contributed by atoms with van der Waals surface area (Å²) in [6.45, 7) is 3.19. The fourth-order valence-electron chi connectivity index (χ4n) is 5.97. The fourth-order valence-corrected chi connectivity index (χ4v) is 6.33. The molecule has 1 unspecified atom stereocenters. The fraction of sp³-hybridized carbons (Fsp3) is 0.644. The van der Waals surface area contributed by atoms with Gasteiger partial charge in [-0.05, 0) is 77.0 Å². The van der Waals surface area contributed by atoms with E-state index in [1.54, 1.807) is 12.2 Å². The van der Waals surface area contributed by atoms with E-state index < -0.39 is 63.7 Å². The van der Waals surface area contributed by atoms with Gasteiger partial charge in [-0.3, -0.25) is 14.1 Å². The topological polar surface area (TPSA) is 189 Å². The summed E-state index contributed by atoms with van der Waals surface area (Å²) in [5.74, 6) is -1.46. The zero-order valence-corrected chi connectivity index (χ0v) is 35.8. The van der Waals surface area contributed by atoms with E-state index in [4.69, 9.17) is 24.0 Å². The number of ether oxygens (including phenoxy) is 3. The molecule has 5 N–H and O–H groups in total. The molecule has 1 aliphatic rings. The molecule has 0 aromatic rings. The molecule has 12 nitrogen and oxygen atoms in total. The third-order valence-electron chi connectivity index (χ3n) is 9.19. The van der Waals surface area contributed by atoms with Crippen LogP contribution < -0.4 is 0 Å². The molecule has 58 heavy (non-hydrogen) atoms. The molecule has 0 bridgehead atoms. The molecule has 0 saturated carbocycles. The Morgan fingerprint density at radius 3 is 1.98 bits per heavy atom. The summed E-state index contributed by atoms with van der Waals surface area (Å²) in [7, 11) is -4.85. The molecule has 0 spiro atoms. The molecule has 1 saturated heterocycles. The number of phosphoric ester groups is 1. The first-order valence-corrected chi connectivity index (χ1v) is 22.8. The van der Waals surface area contributed by atoms with Gasteiger partial charge in [0.2, 0.25) is 0 Å². The Labute approximate surface area is 347 Å². The second-order valence-corrected chi connectivity index (χ2v) is 15.7. The van der Waals surface area contributed by atoms with Gasteiger partial charge >= 0.3 is 19.8 Å². The van der Waals surface area contributed by atoms with Gasteiger partial charge in [-0.1, -0.05) is 125 Å². The first kappa shape index (κ1) is 53.1. The van der Waals surface area contributed by atoms with E-state index in [0.717, 1.165) is 70.6 Å². The van der Waals surface area contributed by atoms with Gasteiger partial charge in [-0.25, -0.2) is 4.57 Å². The number of hydrogen-bond donors (Lipinski definition) is 5. The molecule has 0 radical (unpaired) electrons. The number of carbonyl (C=O) groups excluding carboxylic acids is 2. The lowest BCUT2D eigenvalue weighted by Gasteiger charge is -2.36. The Morgan fingerprint density at radius 1 is 0.741 bits per heavy atom. The maximum atomic E-state index is 12.5. The van der Waals surface area contributed by atoms with Crippen molar-refractivity contribution in [2.24, 2.45) is 5.92 Å². The number of allylic oxidation sites excluding steroid dienone is 12. The van der Waals surface area contributed by atoms with Crippen LogP contribution in [0.15, 0.2) is 85.1 Å². The van der Waals surface area contributed by atoms with Crippen LogP contribution in [-0.4, -0.2) is 81.0 Å². The van der Waals surface area contributed by atoms with E-state index in [9.17, 15) is 29.5 Å². The normalized spacial score (nSPS) is 20.5. The van der Waals surface area contributed by atoms with Crippen LogP contribution in [0.5, 0.6) is 0 Å². The molecule has 1 rings (SSSR count). The van der Waals surface area contributed by atoms with Crippen LogP contribution in [0.2, 0.25) is 0 Å². The number of unbranched alkanes of at least 4 members (excludes halogenated alkanes) is 6. The lowest BCUT2D eigenvalue weighted by atomic mass is 9.87. The predicted octanol–water partition coefficient (Wildman–Crippen LogP) is 8.95. The van der Waals surface area contributed by atoms with E-state index in [1.807, 2.05) is 12.2 Å². The van der Waals surface area contributed by atoms with Crippen molar-refractivity contribution < 1.29 is 58.0 Å². The van der Waals surface area contributed by atoms with Crippen molar-refractivity contribution in [3.63, 3.8) is 0 Å². The largest absolute Gasteiger partial charge is 0.469 e. The summed E-state index contributed by atoms with van der Waals surface area (Å²) in [5, 5.41) is 30.9. The standard InChI is InChI=1S/C45H73O12P/c1-3-5-7-8-9-10-11-12-13-14-15-16-17-18-19-20-21-22-27-31-43(48)54-36-39(37-55-58(51,52)53)56-44(49)32-28-24-23-26-30-40-41(47)35-45(50)57-42(40)34-33-38(46)29-25-6-4-2/h5,7,9-10,12-13,15-16,18-19,23,26,33-34,38-42,45-47,50H,3-4,6,8,11,14,17,20-22,24-25,27-32,35-37H2,1-2H3,(H2,51,52,53)/b7-5-,10-9-,13-12-,16-15-,19-18-,26-23-,34-33+/t38-,39+,40-,41-,42+,45?/m0/s1. The van der Waals surface area contributed by atoms with Crippen LogP contribution >= 0.6 is 7.82 Å². The summed E-state index contributed by atoms with van der Waals surface area (Å²) in [6, 6.07) is 0. The molecule has 13 heteroatoms. The van der Waals surface area contributed by atoms with Crippen LogP contribution in [-0.2, 0) is 32.9 Å². The Hall–Kier alpha value is -2.93. The molecule has 1 heterocycles. The first-order valence-electron chi connectivity index (χ1n) is 21.3. The number of aliphatic hydroxyl groups is 3. The van der Waals surface area contributed by atoms with Gasteiger partial charge in [0.25, 0.3) is 0 Å². The number of phosphoric acid groups is 1. The van der Waals surface area contributed by atoms with E-state index >= 15 is 0 Å². The number of hydrogen-bond acceptors (Lipinski definition) is 10. The summed E-state index contributed by atoms with van der Waals surface area (Å²) in [4.78, 5) is 43.1. The van der Waals surface area contributed by atoms with Gasteiger partial charge in [0.05, 0.1) is 24.9 Å². The number of carbonyl (C=O) groups is 2. The highest BCUT2D eigenvalue weighted by Gasteiger charge is 2.35. The van der Waals surface area contributed by atoms with Crippen LogP contribution in [0.4, 0.5) is 0 Å². The smallest absolute Gasteiger partial charge is 0.462 e. The van der Waals surface area contributed by atoms with E-state index in [1.165, 1.54) is 0 Å². The van der Waals surface area contributed by atoms with Crippen LogP contribution in [0.1, 0.15) is 136 Å². The van der Waals surface area contributed by atoms with Crippen molar-refractivity contribution in [2.75, 3.05) is 13.2 Å². The second-order valence-electron chi connectivity index (χ2n) is 14.5. The number of rotatable bonds is 33. The third-order valence-corrected chi connectivity index (χ3v) is 9.68. The van der Waals surface area contributed by atoms with Crippen molar-refractivity contribution in [3.05, 3.63) is 85.1 Å². The van der Waals surface area contributed by atoms with Crippen LogP contribution in [0.25, 0.3) is 0 Å². The average Bonchev–Trinajstić information content (AvgIpc) is 3.17. The van der Waals surface area contributed by atoms with Gasteiger partial charge < -0.3 is 39.3 Å². The Balaban J connectivity index is 2.35. The maximum Gasteiger partial charge on any atom is 0.469 e. The van der Waals surface area contributed by atoms with Gasteiger partial charge in [-0.2, -0.15) is 0 Å². The zero-order chi connectivity index (χ0) is 42.7. The molecule has 0 aromatic heterocycles. The van der Waals surface area contributed by atoms with Crippen LogP contribution in [0, 0.1) is 5.92 Å². The maximum absolute atomic E-state index is 12.5. The van der Waals surface area contributed by atoms with Crippen molar-refractivity contribution in [2.45, 2.75) is 167 Å². The molecule has 0 aliphatic carbocycles. The SMILES string of the molecule is CC/C=C\C/C=C\C/C=C\C/C=C\C/C=C\CCCCCC(=O)OC[C@H](COP(=O)(O)O)OC(=O)CCC/C=C\C[C@H]1[C@@H](O)CC(O)O[C@@H]1/C=C/[C@@H](O)CCCCC. The molecule has 1 fully saturated rings. The Morgan fingerprint density at radius 2 is 1.34 bits per heavy atom. The monoisotopic (exact) mass is 836 g/mol. The predicted molar refractivity (Wildman–Crippen MR) is 228 cm³/mol. The van der Waals surface area contributed by atoms with Gasteiger partial charge in [0.15, 0.2) is 12.4 Å². The van der Waals surface area contributed by atoms with Crippen molar-refractivity contribution >= 4 is 19.8 Å². The zero-order valence-electron chi connectivity index (χ0n) is 34.9. The molecular formula is C45H73O12P. The molecule has 6 atom stereocenters. The molecule has 1 aliphatic heterocycles. The average molecular weight is 837 g/mol. The Bertz CT molecular complexity index is 1330. The molecule has 0 amide bonds. The number of esters is 2. The van der Waals surface area contributed by atoms with Crippen LogP contribution in [0.3, 0.4) is 0 Å². The number of aliphatic hydroxyl groups excluding tert-OH is 3. The van der Waals surface area contributed by atoms with Gasteiger partial charge in [-0.15, -0.1) is 0 Å². The summed E-state index contributed by atoms with van der Waals surface area (Å²) in [5.41, 5.74) is 0. The molecule has 330 valence electrons. The van der Waals surface area contributed by atoms with Crippen molar-refractivity contribution in [3.8, 4) is 0 Å².